The SMILES string of the molecule is CCn1c(C(=O)O)ccc1-c1cc(F)cc(F)c1. The lowest BCUT2D eigenvalue weighted by atomic mass is 10.1. The first-order valence-electron chi connectivity index (χ1n) is 5.42. The summed E-state index contributed by atoms with van der Waals surface area (Å²) in [7, 11) is 0. The minimum atomic E-state index is -1.07. The third-order valence-corrected chi connectivity index (χ3v) is 2.67. The summed E-state index contributed by atoms with van der Waals surface area (Å²) in [6, 6.07) is 6.10. The number of rotatable bonds is 3. The minimum absolute atomic E-state index is 0.0946. The molecule has 3 nitrogen and oxygen atoms in total. The van der Waals surface area contributed by atoms with Gasteiger partial charge in [-0.1, -0.05) is 0 Å². The maximum atomic E-state index is 13.1. The van der Waals surface area contributed by atoms with Gasteiger partial charge >= 0.3 is 5.97 Å². The molecule has 0 amide bonds. The summed E-state index contributed by atoms with van der Waals surface area (Å²) in [4.78, 5) is 11.0. The number of carbonyl (C=O) groups is 1. The van der Waals surface area contributed by atoms with Crippen molar-refractivity contribution in [2.45, 2.75) is 13.5 Å². The Hall–Kier alpha value is -2.17. The molecule has 2 rings (SSSR count). The van der Waals surface area contributed by atoms with Gasteiger partial charge in [0.25, 0.3) is 0 Å². The number of hydrogen-bond acceptors (Lipinski definition) is 1. The second-order valence-electron chi connectivity index (χ2n) is 3.81. The van der Waals surface area contributed by atoms with E-state index in [-0.39, 0.29) is 5.69 Å². The number of benzene rings is 1. The molecule has 1 aromatic carbocycles. The van der Waals surface area contributed by atoms with Gasteiger partial charge < -0.3 is 9.67 Å². The van der Waals surface area contributed by atoms with Crippen LogP contribution in [0.1, 0.15) is 17.4 Å². The van der Waals surface area contributed by atoms with Gasteiger partial charge in [0, 0.05) is 23.9 Å². The lowest BCUT2D eigenvalue weighted by molar-refractivity contribution is 0.0685. The Balaban J connectivity index is 2.60. The van der Waals surface area contributed by atoms with Gasteiger partial charge in [0.15, 0.2) is 0 Å². The van der Waals surface area contributed by atoms with Gasteiger partial charge in [-0.3, -0.25) is 0 Å². The molecule has 18 heavy (non-hydrogen) atoms. The van der Waals surface area contributed by atoms with Crippen LogP contribution in [0.4, 0.5) is 8.78 Å². The molecule has 0 bridgehead atoms. The number of carboxylic acids is 1. The molecule has 1 N–H and O–H groups in total. The molecule has 94 valence electrons. The van der Waals surface area contributed by atoms with Crippen molar-refractivity contribution < 1.29 is 18.7 Å². The third kappa shape index (κ3) is 2.11. The van der Waals surface area contributed by atoms with E-state index in [1.54, 1.807) is 13.0 Å². The summed E-state index contributed by atoms with van der Waals surface area (Å²) >= 11 is 0. The number of halogens is 2. The quantitative estimate of drug-likeness (QED) is 0.910. The van der Waals surface area contributed by atoms with Crippen molar-refractivity contribution in [3.8, 4) is 11.3 Å². The minimum Gasteiger partial charge on any atom is -0.477 e. The second kappa shape index (κ2) is 4.60. The van der Waals surface area contributed by atoms with Crippen molar-refractivity contribution in [3.63, 3.8) is 0 Å². The lowest BCUT2D eigenvalue weighted by Gasteiger charge is -2.09. The van der Waals surface area contributed by atoms with Gasteiger partial charge in [0.1, 0.15) is 17.3 Å². The number of aromatic nitrogens is 1. The summed E-state index contributed by atoms with van der Waals surface area (Å²) in [6.45, 7) is 2.17. The van der Waals surface area contributed by atoms with Crippen LogP contribution in [-0.4, -0.2) is 15.6 Å². The Morgan fingerprint density at radius 2 is 1.83 bits per heavy atom. The monoisotopic (exact) mass is 251 g/mol. The predicted molar refractivity (Wildman–Crippen MR) is 62.4 cm³/mol. The zero-order valence-corrected chi connectivity index (χ0v) is 9.65. The van der Waals surface area contributed by atoms with Crippen molar-refractivity contribution in [1.82, 2.24) is 4.57 Å². The van der Waals surface area contributed by atoms with E-state index in [1.807, 2.05) is 0 Å². The highest BCUT2D eigenvalue weighted by molar-refractivity contribution is 5.87. The van der Waals surface area contributed by atoms with Gasteiger partial charge in [-0.05, 0) is 31.2 Å². The molecule has 0 aliphatic carbocycles. The molecule has 0 spiro atoms. The Kier molecular flexibility index (Phi) is 3.14. The number of hydrogen-bond donors (Lipinski definition) is 1. The Morgan fingerprint density at radius 1 is 1.22 bits per heavy atom. The lowest BCUT2D eigenvalue weighted by Crippen LogP contribution is -2.08. The molecular weight excluding hydrogens is 240 g/mol. The van der Waals surface area contributed by atoms with E-state index in [1.165, 1.54) is 22.8 Å². The van der Waals surface area contributed by atoms with Crippen LogP contribution in [0.2, 0.25) is 0 Å². The van der Waals surface area contributed by atoms with Gasteiger partial charge in [-0.25, -0.2) is 13.6 Å². The van der Waals surface area contributed by atoms with E-state index in [2.05, 4.69) is 0 Å². The average molecular weight is 251 g/mol. The predicted octanol–water partition coefficient (Wildman–Crippen LogP) is 3.15. The summed E-state index contributed by atoms with van der Waals surface area (Å²) in [5.74, 6) is -2.45. The van der Waals surface area contributed by atoms with Crippen molar-refractivity contribution in [3.05, 3.63) is 47.7 Å². The summed E-state index contributed by atoms with van der Waals surface area (Å²) in [5, 5.41) is 9.00. The number of aromatic carboxylic acids is 1. The molecule has 2 aromatic rings. The summed E-state index contributed by atoms with van der Waals surface area (Å²) < 4.78 is 27.8. The molecule has 5 heteroatoms. The fraction of sp³-hybridized carbons (Fsp3) is 0.154. The fourth-order valence-electron chi connectivity index (χ4n) is 1.95. The van der Waals surface area contributed by atoms with Crippen LogP contribution in [-0.2, 0) is 6.54 Å². The van der Waals surface area contributed by atoms with E-state index in [4.69, 9.17) is 5.11 Å². The second-order valence-corrected chi connectivity index (χ2v) is 3.81. The summed E-state index contributed by atoms with van der Waals surface area (Å²) in [5.41, 5.74) is 0.896. The maximum Gasteiger partial charge on any atom is 0.352 e. The topological polar surface area (TPSA) is 42.2 Å². The highest BCUT2D eigenvalue weighted by Gasteiger charge is 2.14. The molecule has 0 radical (unpaired) electrons. The van der Waals surface area contributed by atoms with Crippen molar-refractivity contribution >= 4 is 5.97 Å². The van der Waals surface area contributed by atoms with Gasteiger partial charge in [-0.2, -0.15) is 0 Å². The Bertz CT molecular complexity index is 585. The zero-order valence-electron chi connectivity index (χ0n) is 9.65. The standard InChI is InChI=1S/C13H11F2NO2/c1-2-16-11(3-4-12(16)13(17)18)8-5-9(14)7-10(15)6-8/h3-7H,2H2,1H3,(H,17,18). The molecular formula is C13H11F2NO2. The van der Waals surface area contributed by atoms with E-state index < -0.39 is 17.6 Å². The van der Waals surface area contributed by atoms with Crippen LogP contribution < -0.4 is 0 Å². The molecule has 1 aromatic heterocycles. The first kappa shape index (κ1) is 12.3. The normalized spacial score (nSPS) is 10.6. The molecule has 1 heterocycles. The third-order valence-electron chi connectivity index (χ3n) is 2.67. The van der Waals surface area contributed by atoms with Crippen LogP contribution >= 0.6 is 0 Å². The molecule has 0 atom stereocenters. The van der Waals surface area contributed by atoms with Crippen LogP contribution in [0.15, 0.2) is 30.3 Å². The van der Waals surface area contributed by atoms with Crippen LogP contribution in [0.3, 0.4) is 0 Å². The Morgan fingerprint density at radius 3 is 2.33 bits per heavy atom. The zero-order chi connectivity index (χ0) is 13.3. The number of nitrogens with zero attached hydrogens (tertiary/aromatic N) is 1. The van der Waals surface area contributed by atoms with Gasteiger partial charge in [0.05, 0.1) is 0 Å². The average Bonchev–Trinajstić information content (AvgIpc) is 2.70. The molecule has 0 saturated heterocycles. The maximum absolute atomic E-state index is 13.1. The van der Waals surface area contributed by atoms with Crippen molar-refractivity contribution in [2.24, 2.45) is 0 Å². The Labute approximate surface area is 102 Å². The van der Waals surface area contributed by atoms with Crippen LogP contribution in [0.25, 0.3) is 11.3 Å². The van der Waals surface area contributed by atoms with Gasteiger partial charge in [0.2, 0.25) is 0 Å². The molecule has 0 aliphatic rings. The van der Waals surface area contributed by atoms with E-state index in [9.17, 15) is 13.6 Å². The van der Waals surface area contributed by atoms with Crippen molar-refractivity contribution in [1.29, 1.82) is 0 Å². The molecule has 0 saturated carbocycles. The van der Waals surface area contributed by atoms with E-state index in [0.717, 1.165) is 6.07 Å². The highest BCUT2D eigenvalue weighted by atomic mass is 19.1. The molecule has 0 unspecified atom stereocenters. The first-order chi connectivity index (χ1) is 8.52. The van der Waals surface area contributed by atoms with Crippen molar-refractivity contribution in [2.75, 3.05) is 0 Å². The largest absolute Gasteiger partial charge is 0.477 e. The van der Waals surface area contributed by atoms with E-state index in [0.29, 0.717) is 17.8 Å². The highest BCUT2D eigenvalue weighted by Crippen LogP contribution is 2.24. The summed E-state index contributed by atoms with van der Waals surface area (Å²) in [6.07, 6.45) is 0. The van der Waals surface area contributed by atoms with Gasteiger partial charge in [-0.15, -0.1) is 0 Å². The molecule has 0 fully saturated rings. The fourth-order valence-corrected chi connectivity index (χ4v) is 1.95. The smallest absolute Gasteiger partial charge is 0.352 e. The van der Waals surface area contributed by atoms with Crippen LogP contribution in [0.5, 0.6) is 0 Å². The van der Waals surface area contributed by atoms with Crippen LogP contribution in [0, 0.1) is 11.6 Å². The number of carboxylic acid groups (broad SMARTS) is 1. The molecule has 0 aliphatic heterocycles. The first-order valence-corrected chi connectivity index (χ1v) is 5.42. The van der Waals surface area contributed by atoms with E-state index >= 15 is 0 Å².